The number of aromatic amines is 3. The zero-order valence-corrected chi connectivity index (χ0v) is 11.3. The Morgan fingerprint density at radius 3 is 1.05 bits per heavy atom. The summed E-state index contributed by atoms with van der Waals surface area (Å²) in [5, 5.41) is 0. The molecule has 114 valence electrons. The predicted molar refractivity (Wildman–Crippen MR) is 67.8 cm³/mol. The van der Waals surface area contributed by atoms with Crippen LogP contribution in [0.25, 0.3) is 0 Å². The molecule has 0 unspecified atom stereocenters. The summed E-state index contributed by atoms with van der Waals surface area (Å²) in [6, 6.07) is 0.496. The highest BCUT2D eigenvalue weighted by Crippen LogP contribution is 2.12. The Balaban J connectivity index is 0.000000219. The van der Waals surface area contributed by atoms with Gasteiger partial charge >= 0.3 is 35.1 Å². The average Bonchev–Trinajstić information content (AvgIpc) is 2.45. The molecule has 0 saturated carbocycles. The van der Waals surface area contributed by atoms with E-state index in [0.29, 0.717) is 0 Å². The summed E-state index contributed by atoms with van der Waals surface area (Å²) >= 11 is 0. The maximum Gasteiger partial charge on any atom is 0.330 e. The minimum Gasteiger partial charge on any atom is -0.467 e. The molecular formula is C9H12N6O6. The highest BCUT2D eigenvalue weighted by molar-refractivity contribution is 5.08. The van der Waals surface area contributed by atoms with E-state index in [2.05, 4.69) is 15.0 Å². The van der Waals surface area contributed by atoms with Gasteiger partial charge in [0.1, 0.15) is 0 Å². The molecule has 0 amide bonds. The van der Waals surface area contributed by atoms with Crippen LogP contribution in [-0.4, -0.2) is 51.2 Å². The first-order valence-corrected chi connectivity index (χ1v) is 5.29. The van der Waals surface area contributed by atoms with Gasteiger partial charge in [0.25, 0.3) is 0 Å². The van der Waals surface area contributed by atoms with E-state index in [1.54, 1.807) is 15.0 Å². The van der Waals surface area contributed by atoms with Gasteiger partial charge in [0, 0.05) is 0 Å². The van der Waals surface area contributed by atoms with Crippen LogP contribution in [0.3, 0.4) is 0 Å². The van der Waals surface area contributed by atoms with Crippen LogP contribution >= 0.6 is 0 Å². The maximum absolute atomic E-state index is 10.2. The lowest BCUT2D eigenvalue weighted by molar-refractivity contribution is 0.307. The third-order valence-corrected chi connectivity index (χ3v) is 1.80. The molecule has 0 atom stereocenters. The topological polar surface area (TPSA) is 165 Å². The fourth-order valence-electron chi connectivity index (χ4n) is 0.997. The van der Waals surface area contributed by atoms with Gasteiger partial charge in [0.15, 0.2) is 0 Å². The molecule has 0 spiro atoms. The number of nitrogens with one attached hydrogen (secondary N) is 3. The smallest absolute Gasteiger partial charge is 0.330 e. The number of ether oxygens (including phenoxy) is 3. The number of rotatable bonds is 3. The monoisotopic (exact) mass is 300 g/mol. The summed E-state index contributed by atoms with van der Waals surface area (Å²) in [7, 11) is 4.36. The van der Waals surface area contributed by atoms with Crippen LogP contribution in [0, 0.1) is 0 Å². The summed E-state index contributed by atoms with van der Waals surface area (Å²) in [4.78, 5) is 47.2. The molecule has 3 N–H and O–H groups in total. The first-order valence-electron chi connectivity index (χ1n) is 5.29. The van der Waals surface area contributed by atoms with Gasteiger partial charge in [-0.15, -0.1) is 15.0 Å². The van der Waals surface area contributed by atoms with E-state index in [-0.39, 0.29) is 18.0 Å². The van der Waals surface area contributed by atoms with Gasteiger partial charge in [-0.2, -0.15) is 0 Å². The van der Waals surface area contributed by atoms with Crippen molar-refractivity contribution in [2.24, 2.45) is 0 Å². The van der Waals surface area contributed by atoms with Crippen molar-refractivity contribution in [2.45, 2.75) is 0 Å². The lowest BCUT2D eigenvalue weighted by atomic mass is 10.9. The van der Waals surface area contributed by atoms with E-state index >= 15 is 0 Å². The Bertz CT molecular complexity index is 615. The van der Waals surface area contributed by atoms with E-state index in [9.17, 15) is 14.4 Å². The number of hydrogen-bond donors (Lipinski definition) is 3. The molecule has 0 radical (unpaired) electrons. The van der Waals surface area contributed by atoms with Crippen LogP contribution in [0.5, 0.6) is 18.0 Å². The predicted octanol–water partition coefficient (Wildman–Crippen LogP) is -2.35. The molecule has 0 fully saturated rings. The van der Waals surface area contributed by atoms with Crippen LogP contribution in [0.15, 0.2) is 14.4 Å². The molecule has 0 saturated heterocycles. The summed E-state index contributed by atoms with van der Waals surface area (Å²) in [6.07, 6.45) is 0. The number of nitrogens with zero attached hydrogens (tertiary/aromatic N) is 3. The molecule has 21 heavy (non-hydrogen) atoms. The van der Waals surface area contributed by atoms with Crippen molar-refractivity contribution in [1.82, 2.24) is 29.9 Å². The minimum atomic E-state index is -0.802. The Morgan fingerprint density at radius 1 is 0.619 bits per heavy atom. The van der Waals surface area contributed by atoms with E-state index in [4.69, 9.17) is 14.2 Å². The summed E-state index contributed by atoms with van der Waals surface area (Å²) < 4.78 is 14.3. The zero-order valence-electron chi connectivity index (χ0n) is 11.3. The van der Waals surface area contributed by atoms with E-state index in [1.165, 1.54) is 21.3 Å². The lowest BCUT2D eigenvalue weighted by Crippen LogP contribution is -2.34. The van der Waals surface area contributed by atoms with E-state index in [0.717, 1.165) is 0 Å². The number of hydrogen-bond acceptors (Lipinski definition) is 9. The van der Waals surface area contributed by atoms with Crippen molar-refractivity contribution < 1.29 is 14.2 Å². The number of methoxy groups -OCH3 is 3. The molecule has 2 rings (SSSR count). The van der Waals surface area contributed by atoms with Crippen LogP contribution in [0.2, 0.25) is 0 Å². The highest BCUT2D eigenvalue weighted by Gasteiger charge is 2.05. The molecule has 0 aromatic carbocycles. The average molecular weight is 300 g/mol. The van der Waals surface area contributed by atoms with Gasteiger partial charge in [0.2, 0.25) is 0 Å². The van der Waals surface area contributed by atoms with Gasteiger partial charge in [-0.1, -0.05) is 0 Å². The van der Waals surface area contributed by atoms with Crippen LogP contribution < -0.4 is 31.3 Å². The van der Waals surface area contributed by atoms with Crippen molar-refractivity contribution in [3.63, 3.8) is 0 Å². The molecule has 0 aliphatic carbocycles. The Hall–Kier alpha value is -3.18. The van der Waals surface area contributed by atoms with Crippen LogP contribution in [0.1, 0.15) is 0 Å². The van der Waals surface area contributed by atoms with Crippen molar-refractivity contribution in [3.05, 3.63) is 31.5 Å². The second kappa shape index (κ2) is 7.42. The van der Waals surface area contributed by atoms with Gasteiger partial charge in [0.05, 0.1) is 21.3 Å². The summed E-state index contributed by atoms with van der Waals surface area (Å²) in [5.41, 5.74) is -2.41. The van der Waals surface area contributed by atoms with Gasteiger partial charge in [-0.3, -0.25) is 15.0 Å². The van der Waals surface area contributed by atoms with Gasteiger partial charge in [-0.25, -0.2) is 14.4 Å². The van der Waals surface area contributed by atoms with Gasteiger partial charge in [-0.05, 0) is 0 Å². The van der Waals surface area contributed by atoms with Crippen molar-refractivity contribution >= 4 is 0 Å². The van der Waals surface area contributed by atoms with Crippen LogP contribution in [0.4, 0.5) is 0 Å². The molecule has 2 aromatic heterocycles. The summed E-state index contributed by atoms with van der Waals surface area (Å²) in [6.45, 7) is 0. The second-order valence-electron chi connectivity index (χ2n) is 3.16. The molecule has 0 bridgehead atoms. The zero-order chi connectivity index (χ0) is 15.8. The van der Waals surface area contributed by atoms with Crippen LogP contribution in [-0.2, 0) is 0 Å². The third kappa shape index (κ3) is 5.14. The quantitative estimate of drug-likeness (QED) is 0.562. The minimum absolute atomic E-state index is 0.165. The fourth-order valence-corrected chi connectivity index (χ4v) is 0.997. The third-order valence-electron chi connectivity index (χ3n) is 1.80. The second-order valence-corrected chi connectivity index (χ2v) is 3.16. The summed E-state index contributed by atoms with van der Waals surface area (Å²) in [5.74, 6) is 0. The Morgan fingerprint density at radius 2 is 0.857 bits per heavy atom. The molecule has 0 aliphatic rings. The molecule has 2 heterocycles. The standard InChI is InChI=1S/C6H9N3O3.C3H3N3O3/c1-10-4-7-5(11-2)9-6(8-4)12-3;7-1-4-2(8)6-3(9)5-1/h1-3H3;(H3,4,5,6,7,8,9). The molecule has 2 aromatic rings. The Labute approximate surface area is 116 Å². The first-order chi connectivity index (χ1) is 9.98. The molecule has 12 heteroatoms. The SMILES string of the molecule is COc1nc(OC)nc(OC)n1.O=c1[nH]c(=O)[nH]c(=O)[nH]1. The molecular weight excluding hydrogens is 288 g/mol. The van der Waals surface area contributed by atoms with Gasteiger partial charge < -0.3 is 14.2 Å². The highest BCUT2D eigenvalue weighted by atomic mass is 16.5. The van der Waals surface area contributed by atoms with Crippen molar-refractivity contribution in [1.29, 1.82) is 0 Å². The number of H-pyrrole nitrogens is 3. The largest absolute Gasteiger partial charge is 0.467 e. The molecule has 0 aliphatic heterocycles. The first kappa shape index (κ1) is 15.9. The number of aromatic nitrogens is 6. The van der Waals surface area contributed by atoms with E-state index < -0.39 is 17.1 Å². The molecule has 12 nitrogen and oxygen atoms in total. The fraction of sp³-hybridized carbons (Fsp3) is 0.333. The lowest BCUT2D eigenvalue weighted by Gasteiger charge is -2.02. The van der Waals surface area contributed by atoms with E-state index in [1.807, 2.05) is 0 Å². The maximum atomic E-state index is 10.2. The van der Waals surface area contributed by atoms with Crippen molar-refractivity contribution in [3.8, 4) is 18.0 Å². The van der Waals surface area contributed by atoms with Crippen molar-refractivity contribution in [2.75, 3.05) is 21.3 Å². The normalized spacial score (nSPS) is 9.29. The Kier molecular flexibility index (Phi) is 5.61.